The van der Waals surface area contributed by atoms with E-state index in [4.69, 9.17) is 21.1 Å². The van der Waals surface area contributed by atoms with Gasteiger partial charge in [0.2, 0.25) is 22.0 Å². The Morgan fingerprint density at radius 2 is 1.90 bits per heavy atom. The Bertz CT molecular complexity index is 1040. The summed E-state index contributed by atoms with van der Waals surface area (Å²) in [6.07, 6.45) is -0.125. The molecular formula is C20H21ClN2O6S. The second-order valence-electron chi connectivity index (χ2n) is 6.80. The maximum Gasteiger partial charge on any atom is 0.348 e. The molecule has 1 aliphatic heterocycles. The quantitative estimate of drug-likeness (QED) is 0.675. The summed E-state index contributed by atoms with van der Waals surface area (Å²) < 4.78 is 36.6. The Morgan fingerprint density at radius 3 is 2.53 bits per heavy atom. The van der Waals surface area contributed by atoms with Crippen LogP contribution in [-0.2, 0) is 24.3 Å². The number of hydrogen-bond acceptors (Lipinski definition) is 6. The van der Waals surface area contributed by atoms with Crippen LogP contribution in [0.15, 0.2) is 48.5 Å². The van der Waals surface area contributed by atoms with Crippen molar-refractivity contribution in [3.63, 3.8) is 0 Å². The maximum absolute atomic E-state index is 13.2. The zero-order chi connectivity index (χ0) is 21.9. The van der Waals surface area contributed by atoms with E-state index >= 15 is 0 Å². The van der Waals surface area contributed by atoms with Crippen LogP contribution in [-0.4, -0.2) is 46.3 Å². The smallest absolute Gasteiger partial charge is 0.348 e. The highest BCUT2D eigenvalue weighted by Crippen LogP contribution is 2.34. The number of sulfonamides is 1. The van der Waals surface area contributed by atoms with Crippen LogP contribution >= 0.6 is 11.6 Å². The van der Waals surface area contributed by atoms with Crippen LogP contribution in [0.25, 0.3) is 0 Å². The third-order valence-electron chi connectivity index (χ3n) is 4.55. The zero-order valence-electron chi connectivity index (χ0n) is 16.4. The standard InChI is InChI=1S/C20H21ClN2O6S/c1-28-20(25)18-12-23(16-5-3-4-6-17(16)29-18)19(24)11-15(22-30(2,26)27)13-7-9-14(21)10-8-13/h3-10,15,18,22H,11-12H2,1-2H3. The average molecular weight is 453 g/mol. The lowest BCUT2D eigenvalue weighted by molar-refractivity contribution is -0.148. The summed E-state index contributed by atoms with van der Waals surface area (Å²) in [5, 5.41) is 0.492. The number of nitrogens with one attached hydrogen (secondary N) is 1. The number of amides is 1. The minimum Gasteiger partial charge on any atom is -0.475 e. The molecule has 2 aromatic carbocycles. The summed E-state index contributed by atoms with van der Waals surface area (Å²) in [6, 6.07) is 12.6. The zero-order valence-corrected chi connectivity index (χ0v) is 17.9. The molecule has 2 aromatic rings. The molecule has 160 valence electrons. The topological polar surface area (TPSA) is 102 Å². The van der Waals surface area contributed by atoms with Crippen molar-refractivity contribution in [2.24, 2.45) is 0 Å². The minimum atomic E-state index is -3.60. The minimum absolute atomic E-state index is 0.0469. The first-order valence-electron chi connectivity index (χ1n) is 9.04. The highest BCUT2D eigenvalue weighted by Gasteiger charge is 2.35. The number of anilines is 1. The van der Waals surface area contributed by atoms with E-state index in [1.54, 1.807) is 48.5 Å². The summed E-state index contributed by atoms with van der Waals surface area (Å²) in [5.74, 6) is -0.617. The van der Waals surface area contributed by atoms with Crippen molar-refractivity contribution < 1.29 is 27.5 Å². The Balaban J connectivity index is 1.90. The van der Waals surface area contributed by atoms with E-state index in [1.165, 1.54) is 12.0 Å². The van der Waals surface area contributed by atoms with Gasteiger partial charge in [-0.05, 0) is 29.8 Å². The number of carbonyl (C=O) groups excluding carboxylic acids is 2. The highest BCUT2D eigenvalue weighted by atomic mass is 35.5. The van der Waals surface area contributed by atoms with Crippen LogP contribution in [0.1, 0.15) is 18.0 Å². The van der Waals surface area contributed by atoms with Crippen LogP contribution < -0.4 is 14.4 Å². The molecule has 0 aliphatic carbocycles. The molecule has 0 aromatic heterocycles. The van der Waals surface area contributed by atoms with E-state index in [1.807, 2.05) is 0 Å². The van der Waals surface area contributed by atoms with E-state index in [0.717, 1.165) is 6.26 Å². The second kappa shape index (κ2) is 9.03. The fraction of sp³-hybridized carbons (Fsp3) is 0.300. The van der Waals surface area contributed by atoms with Crippen LogP contribution in [0.4, 0.5) is 5.69 Å². The number of ether oxygens (including phenoxy) is 2. The van der Waals surface area contributed by atoms with Crippen molar-refractivity contribution in [3.05, 3.63) is 59.1 Å². The van der Waals surface area contributed by atoms with Crippen LogP contribution in [0, 0.1) is 0 Å². The van der Waals surface area contributed by atoms with Gasteiger partial charge < -0.3 is 14.4 Å². The van der Waals surface area contributed by atoms with Gasteiger partial charge in [-0.25, -0.2) is 17.9 Å². The Hall–Kier alpha value is -2.62. The van der Waals surface area contributed by atoms with Crippen molar-refractivity contribution in [2.45, 2.75) is 18.6 Å². The number of benzene rings is 2. The summed E-state index contributed by atoms with van der Waals surface area (Å²) >= 11 is 5.92. The van der Waals surface area contributed by atoms with E-state index in [0.29, 0.717) is 22.0 Å². The highest BCUT2D eigenvalue weighted by molar-refractivity contribution is 7.88. The van der Waals surface area contributed by atoms with E-state index in [9.17, 15) is 18.0 Å². The summed E-state index contributed by atoms with van der Waals surface area (Å²) in [5.41, 5.74) is 1.08. The van der Waals surface area contributed by atoms with Gasteiger partial charge in [0.25, 0.3) is 0 Å². The Kier molecular flexibility index (Phi) is 6.64. The number of halogens is 1. The molecule has 8 nitrogen and oxygen atoms in total. The molecule has 0 fully saturated rings. The van der Waals surface area contributed by atoms with Gasteiger partial charge in [-0.1, -0.05) is 35.9 Å². The van der Waals surface area contributed by atoms with E-state index < -0.39 is 28.1 Å². The number of nitrogens with zero attached hydrogens (tertiary/aromatic N) is 1. The third-order valence-corrected chi connectivity index (χ3v) is 5.51. The normalized spacial score (nSPS) is 16.9. The van der Waals surface area contributed by atoms with Gasteiger partial charge in [-0.3, -0.25) is 4.79 Å². The first-order chi connectivity index (χ1) is 14.2. The Labute approximate surface area is 179 Å². The number of methoxy groups -OCH3 is 1. The maximum atomic E-state index is 13.2. The number of para-hydroxylation sites is 2. The third kappa shape index (κ3) is 5.29. The molecule has 0 radical (unpaired) electrons. The summed E-state index contributed by atoms with van der Waals surface area (Å²) in [4.78, 5) is 26.6. The van der Waals surface area contributed by atoms with E-state index in [2.05, 4.69) is 4.72 Å². The predicted octanol–water partition coefficient (Wildman–Crippen LogP) is 2.29. The lowest BCUT2D eigenvalue weighted by Gasteiger charge is -2.34. The molecule has 0 bridgehead atoms. The fourth-order valence-corrected chi connectivity index (χ4v) is 4.05. The monoisotopic (exact) mass is 452 g/mol. The lowest BCUT2D eigenvalue weighted by Crippen LogP contribution is -2.48. The van der Waals surface area contributed by atoms with Gasteiger partial charge in [0, 0.05) is 11.4 Å². The van der Waals surface area contributed by atoms with Crippen molar-refractivity contribution in [3.8, 4) is 5.75 Å². The van der Waals surface area contributed by atoms with Crippen molar-refractivity contribution in [1.82, 2.24) is 4.72 Å². The van der Waals surface area contributed by atoms with Crippen LogP contribution in [0.2, 0.25) is 5.02 Å². The van der Waals surface area contributed by atoms with E-state index in [-0.39, 0.29) is 18.9 Å². The molecule has 0 spiro atoms. The molecule has 1 heterocycles. The van der Waals surface area contributed by atoms with Crippen molar-refractivity contribution >= 4 is 39.2 Å². The van der Waals surface area contributed by atoms with Gasteiger partial charge in [0.05, 0.1) is 31.6 Å². The molecule has 2 atom stereocenters. The first kappa shape index (κ1) is 22.1. The van der Waals surface area contributed by atoms with Gasteiger partial charge in [0.1, 0.15) is 5.75 Å². The largest absolute Gasteiger partial charge is 0.475 e. The molecule has 0 saturated carbocycles. The molecule has 2 unspecified atom stereocenters. The lowest BCUT2D eigenvalue weighted by atomic mass is 10.0. The van der Waals surface area contributed by atoms with Crippen LogP contribution in [0.3, 0.4) is 0 Å². The van der Waals surface area contributed by atoms with Crippen molar-refractivity contribution in [1.29, 1.82) is 0 Å². The summed E-state index contributed by atoms with van der Waals surface area (Å²) in [6.45, 7) is -0.0469. The number of rotatable bonds is 6. The second-order valence-corrected chi connectivity index (χ2v) is 9.02. The molecule has 1 amide bonds. The summed E-state index contributed by atoms with van der Waals surface area (Å²) in [7, 11) is -2.36. The van der Waals surface area contributed by atoms with Crippen LogP contribution in [0.5, 0.6) is 5.75 Å². The molecule has 3 rings (SSSR count). The Morgan fingerprint density at radius 1 is 1.23 bits per heavy atom. The number of carbonyl (C=O) groups is 2. The number of fused-ring (bicyclic) bond motifs is 1. The SMILES string of the molecule is COC(=O)C1CN(C(=O)CC(NS(C)(=O)=O)c2ccc(Cl)cc2)c2ccccc2O1. The first-order valence-corrected chi connectivity index (χ1v) is 11.3. The fourth-order valence-electron chi connectivity index (χ4n) is 3.19. The number of hydrogen-bond donors (Lipinski definition) is 1. The average Bonchev–Trinajstić information content (AvgIpc) is 2.71. The van der Waals surface area contributed by atoms with Gasteiger partial charge in [-0.2, -0.15) is 0 Å². The molecule has 30 heavy (non-hydrogen) atoms. The molecule has 0 saturated heterocycles. The molecule has 1 aliphatic rings. The predicted molar refractivity (Wildman–Crippen MR) is 112 cm³/mol. The van der Waals surface area contributed by atoms with Gasteiger partial charge in [-0.15, -0.1) is 0 Å². The molecule has 10 heteroatoms. The molecular weight excluding hydrogens is 432 g/mol. The van der Waals surface area contributed by atoms with Crippen molar-refractivity contribution in [2.75, 3.05) is 24.8 Å². The van der Waals surface area contributed by atoms with Gasteiger partial charge >= 0.3 is 5.97 Å². The molecule has 1 N–H and O–H groups in total. The van der Waals surface area contributed by atoms with Gasteiger partial charge in [0.15, 0.2) is 0 Å². The number of esters is 1.